The summed E-state index contributed by atoms with van der Waals surface area (Å²) in [7, 11) is 3.22. The summed E-state index contributed by atoms with van der Waals surface area (Å²) in [6, 6.07) is 2.16. The summed E-state index contributed by atoms with van der Waals surface area (Å²) in [5, 5.41) is 5.88. The van der Waals surface area contributed by atoms with E-state index < -0.39 is 17.6 Å². The first kappa shape index (κ1) is 28.2. The maximum atomic E-state index is 13.0. The largest absolute Gasteiger partial charge is 0.475 e. The van der Waals surface area contributed by atoms with E-state index in [1.807, 2.05) is 4.90 Å². The maximum Gasteiger partial charge on any atom is 0.421 e. The lowest BCUT2D eigenvalue weighted by atomic mass is 10.2. The number of rotatable bonds is 9. The quantitative estimate of drug-likeness (QED) is 0.197. The maximum absolute atomic E-state index is 13.0. The number of carbonyl (C=O) groups is 1. The van der Waals surface area contributed by atoms with Gasteiger partial charge in [0.2, 0.25) is 11.8 Å². The van der Waals surface area contributed by atoms with Crippen LogP contribution in [0.25, 0.3) is 0 Å². The molecular formula is C19H30F3IN6O3. The van der Waals surface area contributed by atoms with E-state index >= 15 is 0 Å². The normalized spacial score (nSPS) is 15.2. The minimum atomic E-state index is -4.52. The lowest BCUT2D eigenvalue weighted by Crippen LogP contribution is -2.54. The molecule has 1 aliphatic heterocycles. The highest BCUT2D eigenvalue weighted by atomic mass is 127. The van der Waals surface area contributed by atoms with Gasteiger partial charge in [-0.15, -0.1) is 24.0 Å². The van der Waals surface area contributed by atoms with Gasteiger partial charge in [0.25, 0.3) is 0 Å². The summed E-state index contributed by atoms with van der Waals surface area (Å²) in [4.78, 5) is 23.9. The zero-order chi connectivity index (χ0) is 22.7. The Morgan fingerprint density at radius 3 is 2.50 bits per heavy atom. The number of nitrogens with zero attached hydrogens (tertiary/aromatic N) is 4. The van der Waals surface area contributed by atoms with Crippen molar-refractivity contribution in [2.24, 2.45) is 4.99 Å². The fraction of sp³-hybridized carbons (Fsp3) is 0.632. The molecular weight excluding hydrogens is 544 g/mol. The molecule has 1 aromatic rings. The third-order valence-corrected chi connectivity index (χ3v) is 4.58. The van der Waals surface area contributed by atoms with Crippen molar-refractivity contribution in [2.75, 3.05) is 73.2 Å². The van der Waals surface area contributed by atoms with Crippen LogP contribution in [0, 0.1) is 0 Å². The van der Waals surface area contributed by atoms with Crippen LogP contribution in [0.5, 0.6) is 5.88 Å². The molecule has 1 saturated heterocycles. The molecule has 1 fully saturated rings. The van der Waals surface area contributed by atoms with Crippen LogP contribution in [0.2, 0.25) is 0 Å². The van der Waals surface area contributed by atoms with Gasteiger partial charge in [0.1, 0.15) is 12.2 Å². The SMILES string of the molecule is CN=C(NCCOc1ncccc1C(F)(F)F)N1CCN(CC(=O)NCCOC)CC1.I. The van der Waals surface area contributed by atoms with Gasteiger partial charge in [-0.25, -0.2) is 4.98 Å². The molecule has 0 atom stereocenters. The number of aliphatic imine (C=N–C) groups is 1. The van der Waals surface area contributed by atoms with Gasteiger partial charge in [0, 0.05) is 53.1 Å². The van der Waals surface area contributed by atoms with Gasteiger partial charge in [-0.2, -0.15) is 13.2 Å². The van der Waals surface area contributed by atoms with Crippen molar-refractivity contribution in [1.29, 1.82) is 0 Å². The first-order valence-corrected chi connectivity index (χ1v) is 9.93. The molecule has 0 aliphatic carbocycles. The number of hydrogen-bond donors (Lipinski definition) is 2. The summed E-state index contributed by atoms with van der Waals surface area (Å²) in [6.07, 6.45) is -3.26. The van der Waals surface area contributed by atoms with Crippen LogP contribution in [0.3, 0.4) is 0 Å². The van der Waals surface area contributed by atoms with Crippen LogP contribution in [0.15, 0.2) is 23.3 Å². The van der Waals surface area contributed by atoms with Crippen LogP contribution in [-0.4, -0.2) is 99.8 Å². The van der Waals surface area contributed by atoms with E-state index in [0.29, 0.717) is 51.8 Å². The molecule has 0 radical (unpaired) electrons. The van der Waals surface area contributed by atoms with Gasteiger partial charge in [-0.1, -0.05) is 0 Å². The van der Waals surface area contributed by atoms with Gasteiger partial charge in [0.05, 0.1) is 19.7 Å². The molecule has 0 aromatic carbocycles. The van der Waals surface area contributed by atoms with E-state index in [4.69, 9.17) is 9.47 Å². The summed E-state index contributed by atoms with van der Waals surface area (Å²) in [6.45, 7) is 4.27. The number of alkyl halides is 3. The Morgan fingerprint density at radius 1 is 1.19 bits per heavy atom. The van der Waals surface area contributed by atoms with E-state index in [1.54, 1.807) is 14.2 Å². The van der Waals surface area contributed by atoms with Crippen molar-refractivity contribution < 1.29 is 27.4 Å². The Kier molecular flexibility index (Phi) is 12.6. The number of piperazine rings is 1. The van der Waals surface area contributed by atoms with Crippen molar-refractivity contribution in [3.05, 3.63) is 23.9 Å². The molecule has 182 valence electrons. The van der Waals surface area contributed by atoms with E-state index in [9.17, 15) is 18.0 Å². The van der Waals surface area contributed by atoms with Gasteiger partial charge in [0.15, 0.2) is 5.96 Å². The van der Waals surface area contributed by atoms with Gasteiger partial charge in [-0.05, 0) is 12.1 Å². The molecule has 1 aliphatic rings. The number of methoxy groups -OCH3 is 1. The first-order valence-electron chi connectivity index (χ1n) is 9.93. The summed E-state index contributed by atoms with van der Waals surface area (Å²) in [5.74, 6) is 0.145. The van der Waals surface area contributed by atoms with Gasteiger partial charge in [-0.3, -0.25) is 14.7 Å². The number of amides is 1. The number of ether oxygens (including phenoxy) is 2. The molecule has 0 spiro atoms. The minimum absolute atomic E-state index is 0. The zero-order valence-electron chi connectivity index (χ0n) is 18.2. The highest BCUT2D eigenvalue weighted by Crippen LogP contribution is 2.34. The number of halogens is 4. The summed E-state index contributed by atoms with van der Waals surface area (Å²) >= 11 is 0. The second kappa shape index (κ2) is 14.3. The number of aromatic nitrogens is 1. The smallest absolute Gasteiger partial charge is 0.421 e. The minimum Gasteiger partial charge on any atom is -0.475 e. The van der Waals surface area contributed by atoms with Gasteiger partial charge >= 0.3 is 6.18 Å². The Labute approximate surface area is 202 Å². The molecule has 2 rings (SSSR count). The predicted molar refractivity (Wildman–Crippen MR) is 124 cm³/mol. The Balaban J connectivity index is 0.00000512. The average molecular weight is 574 g/mol. The molecule has 13 heteroatoms. The molecule has 32 heavy (non-hydrogen) atoms. The number of guanidine groups is 1. The Hall–Kier alpha value is -1.87. The summed E-state index contributed by atoms with van der Waals surface area (Å²) < 4.78 is 49.0. The standard InChI is InChI=1S/C19H29F3N6O3.HI/c1-23-18(26-7-13-31-17-15(19(20,21)22)4-3-5-25-17)28-10-8-27(9-11-28)14-16(29)24-6-12-30-2;/h3-5H,6-14H2,1-2H3,(H,23,26)(H,24,29);1H. The predicted octanol–water partition coefficient (Wildman–Crippen LogP) is 1.05. The highest BCUT2D eigenvalue weighted by molar-refractivity contribution is 14.0. The van der Waals surface area contributed by atoms with Crippen LogP contribution in [0.4, 0.5) is 13.2 Å². The van der Waals surface area contributed by atoms with E-state index in [1.165, 1.54) is 12.3 Å². The molecule has 0 unspecified atom stereocenters. The molecule has 1 aromatic heterocycles. The first-order chi connectivity index (χ1) is 14.8. The molecule has 0 saturated carbocycles. The zero-order valence-corrected chi connectivity index (χ0v) is 20.5. The molecule has 0 bridgehead atoms. The van der Waals surface area contributed by atoms with Crippen LogP contribution < -0.4 is 15.4 Å². The van der Waals surface area contributed by atoms with Crippen molar-refractivity contribution >= 4 is 35.8 Å². The number of carbonyl (C=O) groups excluding carboxylic acids is 1. The van der Waals surface area contributed by atoms with Crippen molar-refractivity contribution in [1.82, 2.24) is 25.4 Å². The van der Waals surface area contributed by atoms with Crippen LogP contribution in [-0.2, 0) is 15.7 Å². The Bertz CT molecular complexity index is 731. The molecule has 2 N–H and O–H groups in total. The summed E-state index contributed by atoms with van der Waals surface area (Å²) in [5.41, 5.74) is -0.901. The fourth-order valence-electron chi connectivity index (χ4n) is 3.03. The van der Waals surface area contributed by atoms with Crippen LogP contribution in [0.1, 0.15) is 5.56 Å². The third-order valence-electron chi connectivity index (χ3n) is 4.58. The van der Waals surface area contributed by atoms with E-state index in [-0.39, 0.29) is 43.0 Å². The van der Waals surface area contributed by atoms with E-state index in [2.05, 4.69) is 25.5 Å². The molecule has 1 amide bonds. The fourth-order valence-corrected chi connectivity index (χ4v) is 3.03. The Morgan fingerprint density at radius 2 is 1.88 bits per heavy atom. The van der Waals surface area contributed by atoms with Crippen LogP contribution >= 0.6 is 24.0 Å². The monoisotopic (exact) mass is 574 g/mol. The molecule has 2 heterocycles. The average Bonchev–Trinajstić information content (AvgIpc) is 2.74. The van der Waals surface area contributed by atoms with Crippen molar-refractivity contribution in [3.8, 4) is 5.88 Å². The lowest BCUT2D eigenvalue weighted by molar-refractivity contribution is -0.139. The third kappa shape index (κ3) is 9.32. The topological polar surface area (TPSA) is 91.3 Å². The number of nitrogens with one attached hydrogen (secondary N) is 2. The number of pyridine rings is 1. The van der Waals surface area contributed by atoms with E-state index in [0.717, 1.165) is 6.07 Å². The molecule has 9 nitrogen and oxygen atoms in total. The van der Waals surface area contributed by atoms with Gasteiger partial charge < -0.3 is 25.0 Å². The number of hydrogen-bond acceptors (Lipinski definition) is 6. The van der Waals surface area contributed by atoms with Crippen molar-refractivity contribution in [2.45, 2.75) is 6.18 Å². The lowest BCUT2D eigenvalue weighted by Gasteiger charge is -2.36. The second-order valence-corrected chi connectivity index (χ2v) is 6.78. The highest BCUT2D eigenvalue weighted by Gasteiger charge is 2.35. The van der Waals surface area contributed by atoms with Crippen molar-refractivity contribution in [3.63, 3.8) is 0 Å². The second-order valence-electron chi connectivity index (χ2n) is 6.78.